The van der Waals surface area contributed by atoms with Crippen LogP contribution in [-0.4, -0.2) is 32.6 Å². The Bertz CT molecular complexity index is 958. The number of thiophene rings is 1. The van der Waals surface area contributed by atoms with Gasteiger partial charge >= 0.3 is 0 Å². The predicted octanol–water partition coefficient (Wildman–Crippen LogP) is 3.67. The minimum absolute atomic E-state index is 0.0646. The predicted molar refractivity (Wildman–Crippen MR) is 102 cm³/mol. The molecule has 1 N–H and O–H groups in total. The van der Waals surface area contributed by atoms with E-state index < -0.39 is 4.92 Å². The van der Waals surface area contributed by atoms with Crippen molar-refractivity contribution in [2.45, 2.75) is 5.03 Å². The number of carbonyl (C=O) groups excluding carboxylic acids is 2. The monoisotopic (exact) mass is 400 g/mol. The maximum atomic E-state index is 12.1. The first kappa shape index (κ1) is 18.7. The number of anilines is 1. The summed E-state index contributed by atoms with van der Waals surface area (Å²) in [5, 5.41) is 23.5. The fourth-order valence-electron chi connectivity index (χ4n) is 2.04. The Morgan fingerprint density at radius 1 is 1.11 bits per heavy atom. The Balaban J connectivity index is 1.54. The van der Waals surface area contributed by atoms with Gasteiger partial charge in [-0.05, 0) is 35.7 Å². The van der Waals surface area contributed by atoms with Crippen LogP contribution in [-0.2, 0) is 0 Å². The molecule has 0 saturated carbocycles. The molecule has 0 radical (unpaired) electrons. The van der Waals surface area contributed by atoms with Gasteiger partial charge in [-0.15, -0.1) is 21.5 Å². The molecule has 8 nitrogen and oxygen atoms in total. The standard InChI is InChI=1S/C17H12N4O4S2/c22-13(11-3-5-12(6-4-11)21(24)25)10-27-16-8-7-15(19-20-16)18-17(23)14-2-1-9-26-14/h1-9H,10H2,(H,18,19,23). The van der Waals surface area contributed by atoms with Crippen molar-refractivity contribution in [3.63, 3.8) is 0 Å². The second-order valence-corrected chi connectivity index (χ2v) is 7.15. The first-order valence-electron chi connectivity index (χ1n) is 7.62. The van der Waals surface area contributed by atoms with Crippen molar-refractivity contribution in [3.8, 4) is 0 Å². The van der Waals surface area contributed by atoms with Crippen molar-refractivity contribution in [3.05, 3.63) is 74.5 Å². The summed E-state index contributed by atoms with van der Waals surface area (Å²) >= 11 is 2.52. The minimum Gasteiger partial charge on any atom is -0.304 e. The molecule has 0 saturated heterocycles. The number of ketones is 1. The number of thioether (sulfide) groups is 1. The van der Waals surface area contributed by atoms with Gasteiger partial charge in [0.25, 0.3) is 11.6 Å². The van der Waals surface area contributed by atoms with Crippen LogP contribution < -0.4 is 5.32 Å². The van der Waals surface area contributed by atoms with Gasteiger partial charge in [-0.1, -0.05) is 17.8 Å². The lowest BCUT2D eigenvalue weighted by molar-refractivity contribution is -0.384. The van der Waals surface area contributed by atoms with E-state index in [0.717, 1.165) is 0 Å². The van der Waals surface area contributed by atoms with E-state index in [1.165, 1.54) is 47.4 Å². The van der Waals surface area contributed by atoms with Gasteiger partial charge in [-0.25, -0.2) is 0 Å². The van der Waals surface area contributed by atoms with Gasteiger partial charge in [-0.3, -0.25) is 19.7 Å². The summed E-state index contributed by atoms with van der Waals surface area (Å²) in [6, 6.07) is 12.2. The number of nitrogens with zero attached hydrogens (tertiary/aromatic N) is 3. The van der Waals surface area contributed by atoms with E-state index in [9.17, 15) is 19.7 Å². The van der Waals surface area contributed by atoms with Gasteiger partial charge < -0.3 is 5.32 Å². The number of benzene rings is 1. The van der Waals surface area contributed by atoms with Crippen LogP contribution in [0.5, 0.6) is 0 Å². The third-order valence-electron chi connectivity index (χ3n) is 3.38. The molecular formula is C17H12N4O4S2. The van der Waals surface area contributed by atoms with Crippen LogP contribution in [0.2, 0.25) is 0 Å². The average molecular weight is 400 g/mol. The molecular weight excluding hydrogens is 388 g/mol. The van der Waals surface area contributed by atoms with Crippen LogP contribution in [0.25, 0.3) is 0 Å². The van der Waals surface area contributed by atoms with Gasteiger partial charge in [-0.2, -0.15) is 0 Å². The third kappa shape index (κ3) is 4.96. The molecule has 0 aliphatic rings. The van der Waals surface area contributed by atoms with Crippen LogP contribution in [0.3, 0.4) is 0 Å². The third-order valence-corrected chi connectivity index (χ3v) is 5.17. The van der Waals surface area contributed by atoms with Crippen molar-refractivity contribution in [1.29, 1.82) is 0 Å². The number of aromatic nitrogens is 2. The summed E-state index contributed by atoms with van der Waals surface area (Å²) in [6.07, 6.45) is 0. The van der Waals surface area contributed by atoms with E-state index in [2.05, 4.69) is 15.5 Å². The molecule has 0 fully saturated rings. The lowest BCUT2D eigenvalue weighted by Gasteiger charge is -2.04. The fourth-order valence-corrected chi connectivity index (χ4v) is 3.37. The molecule has 0 spiro atoms. The normalized spacial score (nSPS) is 10.4. The highest BCUT2D eigenvalue weighted by Crippen LogP contribution is 2.19. The fraction of sp³-hybridized carbons (Fsp3) is 0.0588. The van der Waals surface area contributed by atoms with Crippen molar-refractivity contribution < 1.29 is 14.5 Å². The topological polar surface area (TPSA) is 115 Å². The number of nitro groups is 1. The number of hydrogen-bond donors (Lipinski definition) is 1. The van der Waals surface area contributed by atoms with Gasteiger partial charge in [0.1, 0.15) is 5.03 Å². The number of non-ortho nitro benzene ring substituents is 1. The quantitative estimate of drug-likeness (QED) is 0.278. The number of nitrogens with one attached hydrogen (secondary N) is 1. The Kier molecular flexibility index (Phi) is 5.89. The molecule has 136 valence electrons. The van der Waals surface area contributed by atoms with Crippen LogP contribution in [0.15, 0.2) is 58.9 Å². The largest absolute Gasteiger partial charge is 0.304 e. The molecule has 0 unspecified atom stereocenters. The Labute approximate surface area is 161 Å². The summed E-state index contributed by atoms with van der Waals surface area (Å²) in [6.45, 7) is 0. The van der Waals surface area contributed by atoms with Crippen LogP contribution in [0, 0.1) is 10.1 Å². The first-order chi connectivity index (χ1) is 13.0. The first-order valence-corrected chi connectivity index (χ1v) is 9.48. The SMILES string of the molecule is O=C(CSc1ccc(NC(=O)c2cccs2)nn1)c1ccc([N+](=O)[O-])cc1. The van der Waals surface area contributed by atoms with E-state index in [0.29, 0.717) is 21.3 Å². The molecule has 3 rings (SSSR count). The number of nitro benzene ring substituents is 1. The molecule has 1 amide bonds. The second-order valence-electron chi connectivity index (χ2n) is 5.20. The smallest absolute Gasteiger partial charge is 0.269 e. The van der Waals surface area contributed by atoms with Crippen molar-refractivity contribution in [1.82, 2.24) is 10.2 Å². The molecule has 27 heavy (non-hydrogen) atoms. The van der Waals surface area contributed by atoms with E-state index in [1.54, 1.807) is 24.3 Å². The Morgan fingerprint density at radius 3 is 2.48 bits per heavy atom. The molecule has 2 heterocycles. The number of carbonyl (C=O) groups is 2. The summed E-state index contributed by atoms with van der Waals surface area (Å²) in [5.41, 5.74) is 0.325. The van der Waals surface area contributed by atoms with Gasteiger partial charge in [0, 0.05) is 17.7 Å². The number of rotatable bonds is 7. The molecule has 2 aromatic heterocycles. The summed E-state index contributed by atoms with van der Waals surface area (Å²) in [7, 11) is 0. The van der Waals surface area contributed by atoms with E-state index in [-0.39, 0.29) is 23.1 Å². The average Bonchev–Trinajstić information content (AvgIpc) is 3.22. The van der Waals surface area contributed by atoms with E-state index >= 15 is 0 Å². The molecule has 0 atom stereocenters. The van der Waals surface area contributed by atoms with Crippen molar-refractivity contribution >= 4 is 46.3 Å². The molecule has 0 aliphatic heterocycles. The molecule has 3 aromatic rings. The second kappa shape index (κ2) is 8.52. The number of hydrogen-bond acceptors (Lipinski definition) is 8. The van der Waals surface area contributed by atoms with E-state index in [4.69, 9.17) is 0 Å². The van der Waals surface area contributed by atoms with Crippen LogP contribution in [0.1, 0.15) is 20.0 Å². The minimum atomic E-state index is -0.516. The van der Waals surface area contributed by atoms with E-state index in [1.807, 2.05) is 5.38 Å². The molecule has 10 heteroatoms. The van der Waals surface area contributed by atoms with Gasteiger partial charge in [0.2, 0.25) is 0 Å². The summed E-state index contributed by atoms with van der Waals surface area (Å²) in [4.78, 5) is 34.8. The lowest BCUT2D eigenvalue weighted by Crippen LogP contribution is -2.11. The Morgan fingerprint density at radius 2 is 1.89 bits per heavy atom. The highest BCUT2D eigenvalue weighted by Gasteiger charge is 2.11. The lowest BCUT2D eigenvalue weighted by atomic mass is 10.1. The van der Waals surface area contributed by atoms with Crippen LogP contribution in [0.4, 0.5) is 11.5 Å². The highest BCUT2D eigenvalue weighted by molar-refractivity contribution is 7.99. The van der Waals surface area contributed by atoms with Gasteiger partial charge in [0.05, 0.1) is 15.6 Å². The molecule has 0 bridgehead atoms. The van der Waals surface area contributed by atoms with Crippen LogP contribution >= 0.6 is 23.1 Å². The zero-order valence-electron chi connectivity index (χ0n) is 13.7. The maximum Gasteiger partial charge on any atom is 0.269 e. The molecule has 0 aliphatic carbocycles. The van der Waals surface area contributed by atoms with Gasteiger partial charge in [0.15, 0.2) is 11.6 Å². The zero-order chi connectivity index (χ0) is 19.2. The number of Topliss-reactive ketones (excluding diaryl/α,β-unsaturated/α-hetero) is 1. The highest BCUT2D eigenvalue weighted by atomic mass is 32.2. The maximum absolute atomic E-state index is 12.1. The summed E-state index contributed by atoms with van der Waals surface area (Å²) < 4.78 is 0. The van der Waals surface area contributed by atoms with Crippen molar-refractivity contribution in [2.75, 3.05) is 11.1 Å². The zero-order valence-corrected chi connectivity index (χ0v) is 15.3. The number of amides is 1. The Hall–Kier alpha value is -3.11. The summed E-state index contributed by atoms with van der Waals surface area (Å²) in [5.74, 6) is 0.00666. The van der Waals surface area contributed by atoms with Crippen molar-refractivity contribution in [2.24, 2.45) is 0 Å². The molecule has 1 aromatic carbocycles.